The number of aryl methyl sites for hydroxylation is 1. The normalized spacial score (nSPS) is 21.5. The maximum absolute atomic E-state index is 6.44. The van der Waals surface area contributed by atoms with Gasteiger partial charge in [-0.3, -0.25) is 0 Å². The maximum atomic E-state index is 6.44. The fraction of sp³-hybridized carbons (Fsp3) is 0.571. The standard InChI is InChI=1S/C14H21N/c1-11-7-3-4-8-12(11)13(15)14(2)9-5-6-10-14/h3-4,7-8,13H,5-6,9-10,15H2,1-2H3. The molecule has 1 atom stereocenters. The van der Waals surface area contributed by atoms with E-state index >= 15 is 0 Å². The van der Waals surface area contributed by atoms with Crippen molar-refractivity contribution in [1.29, 1.82) is 0 Å². The Balaban J connectivity index is 2.27. The molecule has 2 N–H and O–H groups in total. The second kappa shape index (κ2) is 3.97. The average Bonchev–Trinajstić information content (AvgIpc) is 2.66. The first-order chi connectivity index (χ1) is 7.13. The number of hydrogen-bond donors (Lipinski definition) is 1. The lowest BCUT2D eigenvalue weighted by molar-refractivity contribution is 0.265. The van der Waals surface area contributed by atoms with E-state index in [2.05, 4.69) is 38.1 Å². The highest BCUT2D eigenvalue weighted by molar-refractivity contribution is 5.30. The molecule has 0 spiro atoms. The van der Waals surface area contributed by atoms with Gasteiger partial charge in [0.25, 0.3) is 0 Å². The van der Waals surface area contributed by atoms with Gasteiger partial charge in [-0.2, -0.15) is 0 Å². The summed E-state index contributed by atoms with van der Waals surface area (Å²) in [4.78, 5) is 0. The van der Waals surface area contributed by atoms with Gasteiger partial charge in [-0.25, -0.2) is 0 Å². The van der Waals surface area contributed by atoms with Gasteiger partial charge in [0.05, 0.1) is 0 Å². The van der Waals surface area contributed by atoms with Crippen molar-refractivity contribution in [2.75, 3.05) is 0 Å². The van der Waals surface area contributed by atoms with E-state index in [0.717, 1.165) is 0 Å². The summed E-state index contributed by atoms with van der Waals surface area (Å²) in [6.07, 6.45) is 5.25. The predicted molar refractivity (Wildman–Crippen MR) is 64.7 cm³/mol. The lowest BCUT2D eigenvalue weighted by Gasteiger charge is -2.32. The van der Waals surface area contributed by atoms with Gasteiger partial charge in [0, 0.05) is 6.04 Å². The Morgan fingerprint density at radius 1 is 1.20 bits per heavy atom. The topological polar surface area (TPSA) is 26.0 Å². The summed E-state index contributed by atoms with van der Waals surface area (Å²) in [6, 6.07) is 8.74. The molecule has 1 aromatic carbocycles. The molecule has 0 saturated heterocycles. The van der Waals surface area contributed by atoms with Crippen molar-refractivity contribution >= 4 is 0 Å². The van der Waals surface area contributed by atoms with Gasteiger partial charge >= 0.3 is 0 Å². The van der Waals surface area contributed by atoms with E-state index in [4.69, 9.17) is 5.73 Å². The fourth-order valence-electron chi connectivity index (χ4n) is 2.80. The molecule has 0 radical (unpaired) electrons. The first-order valence-electron chi connectivity index (χ1n) is 5.95. The van der Waals surface area contributed by atoms with Gasteiger partial charge in [-0.05, 0) is 36.3 Å². The maximum Gasteiger partial charge on any atom is 0.0352 e. The van der Waals surface area contributed by atoms with E-state index in [9.17, 15) is 0 Å². The molecule has 1 aliphatic carbocycles. The number of nitrogens with two attached hydrogens (primary N) is 1. The van der Waals surface area contributed by atoms with Crippen LogP contribution in [0.1, 0.15) is 49.8 Å². The zero-order valence-electron chi connectivity index (χ0n) is 9.79. The van der Waals surface area contributed by atoms with Gasteiger partial charge in [-0.1, -0.05) is 44.0 Å². The van der Waals surface area contributed by atoms with E-state index in [1.54, 1.807) is 0 Å². The van der Waals surface area contributed by atoms with Gasteiger partial charge in [0.1, 0.15) is 0 Å². The van der Waals surface area contributed by atoms with E-state index in [1.807, 2.05) is 0 Å². The van der Waals surface area contributed by atoms with Gasteiger partial charge in [-0.15, -0.1) is 0 Å². The Bertz CT molecular complexity index is 337. The molecular formula is C14H21N. The van der Waals surface area contributed by atoms with E-state index in [1.165, 1.54) is 36.8 Å². The second-order valence-electron chi connectivity index (χ2n) is 5.20. The summed E-state index contributed by atoms with van der Waals surface area (Å²) in [5.41, 5.74) is 9.43. The quantitative estimate of drug-likeness (QED) is 0.781. The Kier molecular flexibility index (Phi) is 2.83. The molecule has 1 aliphatic rings. The minimum Gasteiger partial charge on any atom is -0.323 e. The molecule has 0 amide bonds. The highest BCUT2D eigenvalue weighted by Gasteiger charge is 2.35. The van der Waals surface area contributed by atoms with Crippen LogP contribution in [-0.2, 0) is 0 Å². The third kappa shape index (κ3) is 1.93. The summed E-state index contributed by atoms with van der Waals surface area (Å²) in [5.74, 6) is 0. The van der Waals surface area contributed by atoms with Crippen LogP contribution in [0.4, 0.5) is 0 Å². The van der Waals surface area contributed by atoms with E-state index in [0.29, 0.717) is 5.41 Å². The van der Waals surface area contributed by atoms with Gasteiger partial charge in [0.2, 0.25) is 0 Å². The zero-order chi connectivity index (χ0) is 10.9. The summed E-state index contributed by atoms with van der Waals surface area (Å²) in [5, 5.41) is 0. The lowest BCUT2D eigenvalue weighted by atomic mass is 9.77. The molecule has 1 fully saturated rings. The first-order valence-corrected chi connectivity index (χ1v) is 5.95. The SMILES string of the molecule is Cc1ccccc1C(N)C1(C)CCCC1. The smallest absolute Gasteiger partial charge is 0.0352 e. The van der Waals surface area contributed by atoms with Crippen LogP contribution in [0.15, 0.2) is 24.3 Å². The first kappa shape index (κ1) is 10.7. The van der Waals surface area contributed by atoms with Crippen molar-refractivity contribution in [1.82, 2.24) is 0 Å². The summed E-state index contributed by atoms with van der Waals surface area (Å²) < 4.78 is 0. The van der Waals surface area contributed by atoms with Crippen LogP contribution in [-0.4, -0.2) is 0 Å². The molecule has 1 aromatic rings. The Labute approximate surface area is 92.7 Å². The van der Waals surface area contributed by atoms with Crippen LogP contribution in [0, 0.1) is 12.3 Å². The van der Waals surface area contributed by atoms with Crippen molar-refractivity contribution in [3.8, 4) is 0 Å². The highest BCUT2D eigenvalue weighted by atomic mass is 14.7. The zero-order valence-corrected chi connectivity index (χ0v) is 9.79. The summed E-state index contributed by atoms with van der Waals surface area (Å²) in [6.45, 7) is 4.50. The summed E-state index contributed by atoms with van der Waals surface area (Å²) in [7, 11) is 0. The second-order valence-corrected chi connectivity index (χ2v) is 5.20. The average molecular weight is 203 g/mol. The van der Waals surface area contributed by atoms with Crippen LogP contribution in [0.3, 0.4) is 0 Å². The van der Waals surface area contributed by atoms with E-state index in [-0.39, 0.29) is 6.04 Å². The minimum absolute atomic E-state index is 0.209. The van der Waals surface area contributed by atoms with Crippen LogP contribution >= 0.6 is 0 Å². The van der Waals surface area contributed by atoms with Crippen molar-refractivity contribution < 1.29 is 0 Å². The monoisotopic (exact) mass is 203 g/mol. The molecule has 0 bridgehead atoms. The number of benzene rings is 1. The molecule has 1 saturated carbocycles. The van der Waals surface area contributed by atoms with Crippen LogP contribution in [0.25, 0.3) is 0 Å². The predicted octanol–water partition coefficient (Wildman–Crippen LogP) is 3.58. The fourth-order valence-corrected chi connectivity index (χ4v) is 2.80. The van der Waals surface area contributed by atoms with Crippen LogP contribution in [0.5, 0.6) is 0 Å². The third-order valence-electron chi connectivity index (χ3n) is 4.02. The van der Waals surface area contributed by atoms with Crippen molar-refractivity contribution in [2.24, 2.45) is 11.1 Å². The third-order valence-corrected chi connectivity index (χ3v) is 4.02. The van der Waals surface area contributed by atoms with Gasteiger partial charge < -0.3 is 5.73 Å². The van der Waals surface area contributed by atoms with Crippen LogP contribution < -0.4 is 5.73 Å². The molecule has 0 aromatic heterocycles. The number of rotatable bonds is 2. The van der Waals surface area contributed by atoms with Crippen molar-refractivity contribution in [3.63, 3.8) is 0 Å². The molecule has 82 valence electrons. The highest BCUT2D eigenvalue weighted by Crippen LogP contribution is 2.46. The molecular weight excluding hydrogens is 182 g/mol. The Hall–Kier alpha value is -0.820. The Morgan fingerprint density at radius 3 is 2.40 bits per heavy atom. The largest absolute Gasteiger partial charge is 0.323 e. The molecule has 2 rings (SSSR count). The molecule has 1 nitrogen and oxygen atoms in total. The number of hydrogen-bond acceptors (Lipinski definition) is 1. The van der Waals surface area contributed by atoms with Crippen molar-refractivity contribution in [2.45, 2.75) is 45.6 Å². The molecule has 1 unspecified atom stereocenters. The molecule has 1 heteroatoms. The summed E-state index contributed by atoms with van der Waals surface area (Å²) >= 11 is 0. The Morgan fingerprint density at radius 2 is 1.80 bits per heavy atom. The van der Waals surface area contributed by atoms with Crippen molar-refractivity contribution in [3.05, 3.63) is 35.4 Å². The van der Waals surface area contributed by atoms with E-state index < -0.39 is 0 Å². The molecule has 15 heavy (non-hydrogen) atoms. The molecule has 0 aliphatic heterocycles. The van der Waals surface area contributed by atoms with Crippen LogP contribution in [0.2, 0.25) is 0 Å². The van der Waals surface area contributed by atoms with Gasteiger partial charge in [0.15, 0.2) is 0 Å². The lowest BCUT2D eigenvalue weighted by Crippen LogP contribution is -2.29. The molecule has 0 heterocycles. The minimum atomic E-state index is 0.209.